The van der Waals surface area contributed by atoms with Gasteiger partial charge in [-0.05, 0) is 22.4 Å². The van der Waals surface area contributed by atoms with E-state index >= 15 is 0 Å². The van der Waals surface area contributed by atoms with Crippen molar-refractivity contribution in [1.29, 1.82) is 0 Å². The van der Waals surface area contributed by atoms with E-state index in [1.807, 2.05) is 31.3 Å². The summed E-state index contributed by atoms with van der Waals surface area (Å²) in [6.45, 7) is 0.732. The standard InChI is InChI=1S/C13H11NO/c1-14-8-12-10-5-3-2-4-9(10)6-7-11(12)13(14)15/h2-7H,8H2,1H3. The fourth-order valence-electron chi connectivity index (χ4n) is 2.22. The molecule has 1 aliphatic rings. The molecule has 0 aliphatic carbocycles. The molecule has 0 radical (unpaired) electrons. The van der Waals surface area contributed by atoms with E-state index in [0.29, 0.717) is 0 Å². The van der Waals surface area contributed by atoms with Crippen LogP contribution in [0.25, 0.3) is 10.8 Å². The van der Waals surface area contributed by atoms with Gasteiger partial charge >= 0.3 is 0 Å². The van der Waals surface area contributed by atoms with Crippen LogP contribution in [0.1, 0.15) is 15.9 Å². The summed E-state index contributed by atoms with van der Waals surface area (Å²) in [5.41, 5.74) is 2.02. The van der Waals surface area contributed by atoms with Crippen molar-refractivity contribution in [3.05, 3.63) is 47.5 Å². The second kappa shape index (κ2) is 2.83. The molecule has 0 unspecified atom stereocenters. The molecule has 1 aliphatic heterocycles. The molecule has 0 saturated heterocycles. The fraction of sp³-hybridized carbons (Fsp3) is 0.154. The van der Waals surface area contributed by atoms with E-state index in [1.165, 1.54) is 16.3 Å². The minimum atomic E-state index is 0.135. The van der Waals surface area contributed by atoms with Crippen LogP contribution < -0.4 is 0 Å². The highest BCUT2D eigenvalue weighted by Crippen LogP contribution is 2.28. The molecule has 74 valence electrons. The van der Waals surface area contributed by atoms with Gasteiger partial charge in [-0.3, -0.25) is 4.79 Å². The van der Waals surface area contributed by atoms with Crippen LogP contribution in [0.3, 0.4) is 0 Å². The van der Waals surface area contributed by atoms with Gasteiger partial charge in [-0.1, -0.05) is 30.3 Å². The first-order valence-corrected chi connectivity index (χ1v) is 5.03. The van der Waals surface area contributed by atoms with Gasteiger partial charge < -0.3 is 4.90 Å². The molecule has 2 aromatic carbocycles. The van der Waals surface area contributed by atoms with Gasteiger partial charge in [0.05, 0.1) is 0 Å². The predicted molar refractivity (Wildman–Crippen MR) is 59.7 cm³/mol. The van der Waals surface area contributed by atoms with Crippen molar-refractivity contribution in [2.24, 2.45) is 0 Å². The normalized spacial score (nSPS) is 14.7. The minimum Gasteiger partial charge on any atom is -0.337 e. The Morgan fingerprint density at radius 3 is 2.80 bits per heavy atom. The molecular weight excluding hydrogens is 186 g/mol. The topological polar surface area (TPSA) is 20.3 Å². The maximum absolute atomic E-state index is 11.8. The number of benzene rings is 2. The number of nitrogens with zero attached hydrogens (tertiary/aromatic N) is 1. The lowest BCUT2D eigenvalue weighted by atomic mass is 10.0. The van der Waals surface area contributed by atoms with Crippen LogP contribution in [-0.2, 0) is 6.54 Å². The van der Waals surface area contributed by atoms with Crippen LogP contribution in [0, 0.1) is 0 Å². The summed E-state index contributed by atoms with van der Waals surface area (Å²) in [5, 5.41) is 2.41. The molecule has 0 spiro atoms. The smallest absolute Gasteiger partial charge is 0.254 e. The van der Waals surface area contributed by atoms with Crippen molar-refractivity contribution in [3.63, 3.8) is 0 Å². The van der Waals surface area contributed by atoms with E-state index in [9.17, 15) is 4.79 Å². The molecule has 15 heavy (non-hydrogen) atoms. The maximum atomic E-state index is 11.8. The molecule has 0 aromatic heterocycles. The summed E-state index contributed by atoms with van der Waals surface area (Å²) in [6.07, 6.45) is 0. The van der Waals surface area contributed by atoms with E-state index in [4.69, 9.17) is 0 Å². The van der Waals surface area contributed by atoms with Crippen molar-refractivity contribution in [1.82, 2.24) is 4.90 Å². The Morgan fingerprint density at radius 2 is 1.93 bits per heavy atom. The van der Waals surface area contributed by atoms with Crippen LogP contribution in [0.15, 0.2) is 36.4 Å². The molecule has 0 bridgehead atoms. The number of fused-ring (bicyclic) bond motifs is 3. The summed E-state index contributed by atoms with van der Waals surface area (Å²) < 4.78 is 0. The first-order chi connectivity index (χ1) is 7.27. The van der Waals surface area contributed by atoms with Crippen LogP contribution >= 0.6 is 0 Å². The zero-order chi connectivity index (χ0) is 10.4. The molecule has 3 rings (SSSR count). The van der Waals surface area contributed by atoms with E-state index in [2.05, 4.69) is 12.1 Å². The molecule has 1 heterocycles. The van der Waals surface area contributed by atoms with E-state index in [-0.39, 0.29) is 5.91 Å². The van der Waals surface area contributed by atoms with Gasteiger partial charge in [0, 0.05) is 19.2 Å². The largest absolute Gasteiger partial charge is 0.337 e. The van der Waals surface area contributed by atoms with Crippen molar-refractivity contribution in [2.75, 3.05) is 7.05 Å². The minimum absolute atomic E-state index is 0.135. The van der Waals surface area contributed by atoms with Crippen LogP contribution in [0.2, 0.25) is 0 Å². The number of carbonyl (C=O) groups is 1. The average molecular weight is 197 g/mol. The Labute approximate surface area is 88.1 Å². The van der Waals surface area contributed by atoms with Crippen molar-refractivity contribution < 1.29 is 4.79 Å². The van der Waals surface area contributed by atoms with Gasteiger partial charge in [-0.25, -0.2) is 0 Å². The number of amides is 1. The van der Waals surface area contributed by atoms with Crippen LogP contribution in [-0.4, -0.2) is 17.9 Å². The quantitative estimate of drug-likeness (QED) is 0.635. The Kier molecular flexibility index (Phi) is 1.60. The molecule has 2 aromatic rings. The molecule has 0 fully saturated rings. The zero-order valence-corrected chi connectivity index (χ0v) is 8.53. The Hall–Kier alpha value is -1.83. The molecule has 2 nitrogen and oxygen atoms in total. The van der Waals surface area contributed by atoms with Gasteiger partial charge in [0.25, 0.3) is 5.91 Å². The van der Waals surface area contributed by atoms with Gasteiger partial charge in [0.1, 0.15) is 0 Å². The van der Waals surface area contributed by atoms with Crippen molar-refractivity contribution in [3.8, 4) is 0 Å². The number of hydrogen-bond acceptors (Lipinski definition) is 1. The van der Waals surface area contributed by atoms with E-state index in [1.54, 1.807) is 4.90 Å². The zero-order valence-electron chi connectivity index (χ0n) is 8.53. The predicted octanol–water partition coefficient (Wildman–Crippen LogP) is 2.43. The highest BCUT2D eigenvalue weighted by atomic mass is 16.2. The third-order valence-corrected chi connectivity index (χ3v) is 3.01. The Balaban J connectivity index is 2.38. The molecular formula is C13H11NO. The third-order valence-electron chi connectivity index (χ3n) is 3.01. The van der Waals surface area contributed by atoms with Crippen LogP contribution in [0.5, 0.6) is 0 Å². The van der Waals surface area contributed by atoms with Gasteiger partial charge in [0.2, 0.25) is 0 Å². The fourth-order valence-corrected chi connectivity index (χ4v) is 2.22. The lowest BCUT2D eigenvalue weighted by molar-refractivity contribution is 0.0816. The molecule has 0 atom stereocenters. The lowest BCUT2D eigenvalue weighted by Gasteiger charge is -2.05. The molecule has 1 amide bonds. The molecule has 2 heteroatoms. The molecule has 0 saturated carbocycles. The van der Waals surface area contributed by atoms with E-state index < -0.39 is 0 Å². The maximum Gasteiger partial charge on any atom is 0.254 e. The highest BCUT2D eigenvalue weighted by Gasteiger charge is 2.25. The summed E-state index contributed by atoms with van der Waals surface area (Å²) in [6, 6.07) is 12.2. The highest BCUT2D eigenvalue weighted by molar-refractivity contribution is 6.04. The summed E-state index contributed by atoms with van der Waals surface area (Å²) in [7, 11) is 1.84. The number of carbonyl (C=O) groups excluding carboxylic acids is 1. The first kappa shape index (κ1) is 8.48. The second-order valence-electron chi connectivity index (χ2n) is 3.97. The van der Waals surface area contributed by atoms with Gasteiger partial charge in [-0.2, -0.15) is 0 Å². The second-order valence-corrected chi connectivity index (χ2v) is 3.97. The average Bonchev–Trinajstić information content (AvgIpc) is 2.56. The lowest BCUT2D eigenvalue weighted by Crippen LogP contribution is -2.17. The molecule has 0 N–H and O–H groups in total. The van der Waals surface area contributed by atoms with Gasteiger partial charge in [0.15, 0.2) is 0 Å². The number of rotatable bonds is 0. The number of hydrogen-bond donors (Lipinski definition) is 0. The van der Waals surface area contributed by atoms with E-state index in [0.717, 1.165) is 12.1 Å². The van der Waals surface area contributed by atoms with Gasteiger partial charge in [-0.15, -0.1) is 0 Å². The third kappa shape index (κ3) is 1.08. The SMILES string of the molecule is CN1Cc2c(ccc3ccccc23)C1=O. The van der Waals surface area contributed by atoms with Crippen molar-refractivity contribution in [2.45, 2.75) is 6.54 Å². The Morgan fingerprint density at radius 1 is 1.13 bits per heavy atom. The summed E-state index contributed by atoms with van der Waals surface area (Å²) in [4.78, 5) is 13.5. The monoisotopic (exact) mass is 197 g/mol. The summed E-state index contributed by atoms with van der Waals surface area (Å²) in [5.74, 6) is 0.135. The van der Waals surface area contributed by atoms with Crippen molar-refractivity contribution >= 4 is 16.7 Å². The van der Waals surface area contributed by atoms with Crippen LogP contribution in [0.4, 0.5) is 0 Å². The summed E-state index contributed by atoms with van der Waals surface area (Å²) >= 11 is 0. The first-order valence-electron chi connectivity index (χ1n) is 5.03. The Bertz CT molecular complexity index is 559.